The molecule has 0 spiro atoms. The van der Waals surface area contributed by atoms with Gasteiger partial charge in [-0.15, -0.1) is 11.3 Å². The predicted molar refractivity (Wildman–Crippen MR) is 123 cm³/mol. The first-order chi connectivity index (χ1) is 15.7. The zero-order valence-corrected chi connectivity index (χ0v) is 19.4. The average Bonchev–Trinajstić information content (AvgIpc) is 3.45. The van der Waals surface area contributed by atoms with Crippen LogP contribution in [0.25, 0.3) is 0 Å². The lowest BCUT2D eigenvalue weighted by Crippen LogP contribution is -2.35. The predicted octanol–water partition coefficient (Wildman–Crippen LogP) is 4.73. The molecule has 0 bridgehead atoms. The van der Waals surface area contributed by atoms with Gasteiger partial charge in [-0.25, -0.2) is 26.6 Å². The van der Waals surface area contributed by atoms with Crippen molar-refractivity contribution in [3.8, 4) is 0 Å². The Morgan fingerprint density at radius 3 is 2.70 bits per heavy atom. The van der Waals surface area contributed by atoms with Crippen LogP contribution >= 0.6 is 11.3 Å². The monoisotopic (exact) mass is 496 g/mol. The van der Waals surface area contributed by atoms with Gasteiger partial charge in [0, 0.05) is 49.4 Å². The van der Waals surface area contributed by atoms with Crippen LogP contribution in [-0.2, 0) is 16.6 Å². The van der Waals surface area contributed by atoms with E-state index in [0.29, 0.717) is 6.54 Å². The van der Waals surface area contributed by atoms with Crippen molar-refractivity contribution < 1.29 is 21.6 Å². The van der Waals surface area contributed by atoms with E-state index >= 15 is 0 Å². The molecule has 0 aliphatic carbocycles. The van der Waals surface area contributed by atoms with Crippen LogP contribution in [-0.4, -0.2) is 44.5 Å². The number of nitrogens with one attached hydrogen (secondary N) is 1. The molecule has 4 rings (SSSR count). The fourth-order valence-electron chi connectivity index (χ4n) is 4.01. The molecule has 1 aliphatic rings. The van der Waals surface area contributed by atoms with E-state index in [1.807, 2.05) is 30.3 Å². The summed E-state index contributed by atoms with van der Waals surface area (Å²) in [4.78, 5) is 6.80. The first-order valence-corrected chi connectivity index (χ1v) is 12.7. The quantitative estimate of drug-likeness (QED) is 0.489. The molecule has 2 aromatic carbocycles. The number of hydrogen-bond acceptors (Lipinski definition) is 6. The van der Waals surface area contributed by atoms with Gasteiger partial charge in [0.15, 0.2) is 5.82 Å². The van der Waals surface area contributed by atoms with E-state index in [2.05, 4.69) is 14.6 Å². The number of thiazole rings is 1. The SMILES string of the molecule is CN(c1cc(F)c(S(=O)(=O)Nc2cscn2)cc1C(F)F)C1CCN(Cc2ccccc2)C1. The highest BCUT2D eigenvalue weighted by atomic mass is 32.2. The van der Waals surface area contributed by atoms with Crippen LogP contribution in [0.4, 0.5) is 24.7 Å². The second-order valence-electron chi connectivity index (χ2n) is 7.90. The lowest BCUT2D eigenvalue weighted by atomic mass is 10.1. The maximum atomic E-state index is 14.9. The summed E-state index contributed by atoms with van der Waals surface area (Å²) in [5.74, 6) is -1.09. The molecule has 3 aromatic rings. The number of halogens is 3. The van der Waals surface area contributed by atoms with Crippen molar-refractivity contribution in [2.45, 2.75) is 30.3 Å². The number of aromatic nitrogens is 1. The molecule has 0 radical (unpaired) electrons. The molecule has 1 saturated heterocycles. The third kappa shape index (κ3) is 5.31. The van der Waals surface area contributed by atoms with Crippen LogP contribution in [0.2, 0.25) is 0 Å². The van der Waals surface area contributed by atoms with E-state index in [1.54, 1.807) is 11.9 Å². The van der Waals surface area contributed by atoms with Crippen LogP contribution in [0.3, 0.4) is 0 Å². The van der Waals surface area contributed by atoms with Gasteiger partial charge >= 0.3 is 0 Å². The van der Waals surface area contributed by atoms with Gasteiger partial charge < -0.3 is 4.90 Å². The molecule has 6 nitrogen and oxygen atoms in total. The van der Waals surface area contributed by atoms with Gasteiger partial charge in [0.1, 0.15) is 10.7 Å². The Balaban J connectivity index is 1.56. The summed E-state index contributed by atoms with van der Waals surface area (Å²) < 4.78 is 70.1. The van der Waals surface area contributed by atoms with Crippen LogP contribution in [0, 0.1) is 5.82 Å². The number of likely N-dealkylation sites (tertiary alicyclic amines) is 1. The number of sulfonamides is 1. The molecule has 1 aliphatic heterocycles. The van der Waals surface area contributed by atoms with Crippen molar-refractivity contribution in [2.24, 2.45) is 0 Å². The largest absolute Gasteiger partial charge is 0.370 e. The summed E-state index contributed by atoms with van der Waals surface area (Å²) in [7, 11) is -2.78. The Hall–Kier alpha value is -2.63. The standard InChI is InChI=1S/C22H23F3N4O2S2/c1-28(16-7-8-29(12-16)11-15-5-3-2-4-6-15)19-10-18(23)20(9-17(19)22(24)25)33(30,31)27-21-13-32-14-26-21/h2-6,9-10,13-14,16,22,27H,7-8,11-12H2,1H3. The number of benzene rings is 2. The number of hydrogen-bond donors (Lipinski definition) is 1. The van der Waals surface area contributed by atoms with E-state index in [4.69, 9.17) is 0 Å². The van der Waals surface area contributed by atoms with Gasteiger partial charge in [-0.1, -0.05) is 30.3 Å². The van der Waals surface area contributed by atoms with Gasteiger partial charge in [0.05, 0.1) is 5.51 Å². The van der Waals surface area contributed by atoms with Crippen molar-refractivity contribution in [3.05, 3.63) is 70.3 Å². The summed E-state index contributed by atoms with van der Waals surface area (Å²) in [6.07, 6.45) is -2.25. The molecule has 11 heteroatoms. The Labute approximate surface area is 194 Å². The molecule has 1 fully saturated rings. The molecule has 2 heterocycles. The average molecular weight is 497 g/mol. The third-order valence-corrected chi connectivity index (χ3v) is 7.66. The van der Waals surface area contributed by atoms with Crippen molar-refractivity contribution >= 4 is 32.9 Å². The third-order valence-electron chi connectivity index (χ3n) is 5.70. The molecular formula is C22H23F3N4O2S2. The highest BCUT2D eigenvalue weighted by Crippen LogP contribution is 2.36. The Bertz CT molecular complexity index is 1190. The molecule has 1 N–H and O–H groups in total. The van der Waals surface area contributed by atoms with Crippen molar-refractivity contribution in [1.82, 2.24) is 9.88 Å². The minimum Gasteiger partial charge on any atom is -0.370 e. The number of alkyl halides is 2. The summed E-state index contributed by atoms with van der Waals surface area (Å²) in [6, 6.07) is 11.4. The molecule has 1 unspecified atom stereocenters. The fourth-order valence-corrected chi connectivity index (χ4v) is 5.66. The summed E-state index contributed by atoms with van der Waals surface area (Å²) >= 11 is 1.15. The summed E-state index contributed by atoms with van der Waals surface area (Å²) in [6.45, 7) is 2.14. The lowest BCUT2D eigenvalue weighted by Gasteiger charge is -2.29. The van der Waals surface area contributed by atoms with Gasteiger partial charge in [-0.2, -0.15) is 0 Å². The van der Waals surface area contributed by atoms with Gasteiger partial charge in [0.25, 0.3) is 16.4 Å². The summed E-state index contributed by atoms with van der Waals surface area (Å²) in [5, 5.41) is 1.42. The van der Waals surface area contributed by atoms with E-state index in [0.717, 1.165) is 48.5 Å². The van der Waals surface area contributed by atoms with Gasteiger partial charge in [0.2, 0.25) is 0 Å². The van der Waals surface area contributed by atoms with E-state index in [1.165, 1.54) is 10.9 Å². The minimum atomic E-state index is -4.42. The number of rotatable bonds is 8. The smallest absolute Gasteiger partial charge is 0.266 e. The molecule has 0 saturated carbocycles. The Morgan fingerprint density at radius 2 is 2.03 bits per heavy atom. The van der Waals surface area contributed by atoms with Crippen LogP contribution in [0.1, 0.15) is 24.0 Å². The lowest BCUT2D eigenvalue weighted by molar-refractivity contribution is 0.151. The highest BCUT2D eigenvalue weighted by Gasteiger charge is 2.31. The fraction of sp³-hybridized carbons (Fsp3) is 0.318. The topological polar surface area (TPSA) is 65.5 Å². The number of nitrogens with zero attached hydrogens (tertiary/aromatic N) is 3. The first-order valence-electron chi connectivity index (χ1n) is 10.3. The Morgan fingerprint density at radius 1 is 1.27 bits per heavy atom. The van der Waals surface area contributed by atoms with E-state index in [9.17, 15) is 21.6 Å². The minimum absolute atomic E-state index is 0.00338. The molecule has 176 valence electrons. The molecular weight excluding hydrogens is 473 g/mol. The zero-order chi connectivity index (χ0) is 23.6. The highest BCUT2D eigenvalue weighted by molar-refractivity contribution is 7.92. The van der Waals surface area contributed by atoms with Crippen molar-refractivity contribution in [3.63, 3.8) is 0 Å². The second-order valence-corrected chi connectivity index (χ2v) is 10.3. The number of likely N-dealkylation sites (N-methyl/N-ethyl adjacent to an activating group) is 1. The van der Waals surface area contributed by atoms with Crippen LogP contribution in [0.15, 0.2) is 58.3 Å². The van der Waals surface area contributed by atoms with E-state index in [-0.39, 0.29) is 17.5 Å². The summed E-state index contributed by atoms with van der Waals surface area (Å²) in [5.41, 5.74) is 2.02. The number of anilines is 2. The Kier molecular flexibility index (Phi) is 6.91. The van der Waals surface area contributed by atoms with Crippen LogP contribution < -0.4 is 9.62 Å². The first kappa shape index (κ1) is 23.5. The molecule has 33 heavy (non-hydrogen) atoms. The van der Waals surface area contributed by atoms with E-state index < -0.39 is 32.7 Å². The van der Waals surface area contributed by atoms with Gasteiger partial charge in [-0.3, -0.25) is 9.62 Å². The van der Waals surface area contributed by atoms with Crippen molar-refractivity contribution in [2.75, 3.05) is 29.8 Å². The molecule has 1 atom stereocenters. The van der Waals surface area contributed by atoms with Crippen molar-refractivity contribution in [1.29, 1.82) is 0 Å². The molecule has 1 aromatic heterocycles. The second kappa shape index (κ2) is 9.70. The zero-order valence-electron chi connectivity index (χ0n) is 17.8. The van der Waals surface area contributed by atoms with Gasteiger partial charge in [-0.05, 0) is 24.1 Å². The normalized spacial score (nSPS) is 16.9. The maximum Gasteiger partial charge on any atom is 0.266 e. The maximum absolute atomic E-state index is 14.9. The van der Waals surface area contributed by atoms with Crippen LogP contribution in [0.5, 0.6) is 0 Å². The molecule has 0 amide bonds.